The number of ether oxygens (including phenoxy) is 1. The van der Waals surface area contributed by atoms with Crippen LogP contribution in [0.4, 0.5) is 0 Å². The summed E-state index contributed by atoms with van der Waals surface area (Å²) in [6.07, 6.45) is 5.95. The molecule has 132 valence electrons. The van der Waals surface area contributed by atoms with E-state index in [0.29, 0.717) is 18.0 Å². The lowest BCUT2D eigenvalue weighted by atomic mass is 9.93. The highest BCUT2D eigenvalue weighted by Gasteiger charge is 2.24. The van der Waals surface area contributed by atoms with Gasteiger partial charge in [-0.2, -0.15) is 0 Å². The van der Waals surface area contributed by atoms with E-state index in [-0.39, 0.29) is 17.1 Å². The van der Waals surface area contributed by atoms with Gasteiger partial charge in [0.2, 0.25) is 5.78 Å². The van der Waals surface area contributed by atoms with Crippen LogP contribution in [-0.4, -0.2) is 40.0 Å². The zero-order chi connectivity index (χ0) is 17.4. The molecule has 6 nitrogen and oxygen atoms in total. The van der Waals surface area contributed by atoms with E-state index >= 15 is 0 Å². The van der Waals surface area contributed by atoms with Gasteiger partial charge >= 0.3 is 0 Å². The van der Waals surface area contributed by atoms with Gasteiger partial charge in [-0.15, -0.1) is 11.8 Å². The molecule has 1 aromatic rings. The summed E-state index contributed by atoms with van der Waals surface area (Å²) in [6.45, 7) is 0.161. The minimum absolute atomic E-state index is 0.183. The van der Waals surface area contributed by atoms with Crippen LogP contribution >= 0.6 is 23.4 Å². The molecule has 1 aromatic heterocycles. The maximum atomic E-state index is 12.2. The molecule has 0 N–H and O–H groups in total. The summed E-state index contributed by atoms with van der Waals surface area (Å²) in [5, 5.41) is 11.0. The van der Waals surface area contributed by atoms with Crippen molar-refractivity contribution in [3.05, 3.63) is 39.2 Å². The summed E-state index contributed by atoms with van der Waals surface area (Å²) < 4.78 is 5.66. The zero-order valence-corrected chi connectivity index (χ0v) is 14.9. The monoisotopic (exact) mass is 372 g/mol. The van der Waals surface area contributed by atoms with Gasteiger partial charge in [0.05, 0.1) is 0 Å². The van der Waals surface area contributed by atoms with E-state index in [4.69, 9.17) is 16.3 Å². The van der Waals surface area contributed by atoms with Gasteiger partial charge in [0.15, 0.2) is 0 Å². The minimum atomic E-state index is -0.629. The quantitative estimate of drug-likeness (QED) is 0.375. The molecule has 0 aromatic carbocycles. The fourth-order valence-electron chi connectivity index (χ4n) is 2.63. The van der Waals surface area contributed by atoms with Crippen molar-refractivity contribution in [1.29, 1.82) is 0 Å². The van der Waals surface area contributed by atoms with Gasteiger partial charge < -0.3 is 4.74 Å². The first-order chi connectivity index (χ1) is 11.5. The second kappa shape index (κ2) is 9.96. The number of rotatable bonds is 9. The van der Waals surface area contributed by atoms with Crippen molar-refractivity contribution in [3.8, 4) is 0 Å². The Balaban J connectivity index is 1.89. The van der Waals surface area contributed by atoms with Crippen LogP contribution in [0.2, 0.25) is 5.15 Å². The number of halogens is 1. The Bertz CT molecular complexity index is 550. The highest BCUT2D eigenvalue weighted by molar-refractivity contribution is 7.99. The second-order valence-corrected chi connectivity index (χ2v) is 7.46. The van der Waals surface area contributed by atoms with Gasteiger partial charge in [0, 0.05) is 23.6 Å². The number of thioether (sulfide) groups is 1. The Hall–Kier alpha value is -1.18. The fourth-order valence-corrected chi connectivity index (χ4v) is 3.95. The van der Waals surface area contributed by atoms with Crippen molar-refractivity contribution >= 4 is 29.1 Å². The molecule has 0 saturated carbocycles. The number of nitrogens with zero attached hydrogens (tertiary/aromatic N) is 2. The van der Waals surface area contributed by atoms with E-state index < -0.39 is 11.5 Å². The summed E-state index contributed by atoms with van der Waals surface area (Å²) in [4.78, 5) is 26.3. The van der Waals surface area contributed by atoms with Crippen molar-refractivity contribution in [2.75, 3.05) is 18.9 Å². The highest BCUT2D eigenvalue weighted by Crippen LogP contribution is 2.26. The van der Waals surface area contributed by atoms with Crippen LogP contribution in [0.1, 0.15) is 31.2 Å². The molecule has 1 saturated heterocycles. The zero-order valence-electron chi connectivity index (χ0n) is 13.4. The molecule has 2 unspecified atom stereocenters. The number of hydrogen-bond donors (Lipinski definition) is 0. The molecule has 2 atom stereocenters. The summed E-state index contributed by atoms with van der Waals surface area (Å²) >= 11 is 7.46. The average molecular weight is 373 g/mol. The average Bonchev–Trinajstić information content (AvgIpc) is 2.56. The normalized spacial score (nSPS) is 19.0. The molecule has 1 fully saturated rings. The summed E-state index contributed by atoms with van der Waals surface area (Å²) in [7, 11) is 0. The number of pyridine rings is 1. The van der Waals surface area contributed by atoms with Crippen molar-refractivity contribution in [3.63, 3.8) is 0 Å². The van der Waals surface area contributed by atoms with Crippen molar-refractivity contribution in [1.82, 2.24) is 4.98 Å². The molecule has 0 spiro atoms. The maximum Gasteiger partial charge on any atom is 0.261 e. The molecule has 1 aliphatic heterocycles. The lowest BCUT2D eigenvalue weighted by molar-refractivity contribution is -0.467. The molecule has 2 rings (SSSR count). The smallest absolute Gasteiger partial charge is 0.261 e. The van der Waals surface area contributed by atoms with Gasteiger partial charge in [-0.25, -0.2) is 4.98 Å². The van der Waals surface area contributed by atoms with Crippen LogP contribution in [0.25, 0.3) is 0 Å². The van der Waals surface area contributed by atoms with E-state index in [1.165, 1.54) is 0 Å². The molecule has 0 amide bonds. The lowest BCUT2D eigenvalue weighted by Crippen LogP contribution is -2.26. The standard InChI is InChI=1S/C16H21ClN2O4S/c17-15-5-4-12(10-18-15)9-13(14(20)11-19(21)22)6-8-24-16-3-1-2-7-23-16/h4-5,10,13,16H,1-3,6-9,11H2. The Morgan fingerprint density at radius 1 is 1.50 bits per heavy atom. The molecular weight excluding hydrogens is 352 g/mol. The van der Waals surface area contributed by atoms with E-state index in [9.17, 15) is 14.9 Å². The van der Waals surface area contributed by atoms with Crippen LogP contribution in [0.5, 0.6) is 0 Å². The SMILES string of the molecule is O=C(C[N+](=O)[O-])C(CCSC1CCCCO1)Cc1ccc(Cl)nc1. The van der Waals surface area contributed by atoms with Gasteiger partial charge in [0.1, 0.15) is 10.6 Å². The third-order valence-electron chi connectivity index (χ3n) is 3.92. The Morgan fingerprint density at radius 2 is 2.33 bits per heavy atom. The summed E-state index contributed by atoms with van der Waals surface area (Å²) in [5.41, 5.74) is 1.04. The predicted octanol–water partition coefficient (Wildman–Crippen LogP) is 3.39. The number of Topliss-reactive ketones (excluding diaryl/α,β-unsaturated/α-hetero) is 1. The number of carbonyl (C=O) groups is 1. The van der Waals surface area contributed by atoms with Gasteiger partial charge in [-0.05, 0) is 49.5 Å². The first kappa shape index (κ1) is 19.1. The molecule has 2 heterocycles. The number of nitro groups is 1. The first-order valence-electron chi connectivity index (χ1n) is 8.02. The molecule has 24 heavy (non-hydrogen) atoms. The molecule has 1 aliphatic rings. The van der Waals surface area contributed by atoms with E-state index in [1.807, 2.05) is 0 Å². The molecule has 0 bridgehead atoms. The van der Waals surface area contributed by atoms with Crippen LogP contribution in [0.3, 0.4) is 0 Å². The Morgan fingerprint density at radius 3 is 2.96 bits per heavy atom. The fraction of sp³-hybridized carbons (Fsp3) is 0.625. The molecular formula is C16H21ClN2O4S. The molecule has 0 radical (unpaired) electrons. The Kier molecular flexibility index (Phi) is 7.94. The number of carbonyl (C=O) groups excluding carboxylic acids is 1. The van der Waals surface area contributed by atoms with Crippen molar-refractivity contribution < 1.29 is 14.5 Å². The number of ketones is 1. The van der Waals surface area contributed by atoms with Gasteiger partial charge in [0.25, 0.3) is 6.54 Å². The van der Waals surface area contributed by atoms with Gasteiger partial charge in [-0.3, -0.25) is 14.9 Å². The van der Waals surface area contributed by atoms with Crippen LogP contribution in [0.15, 0.2) is 18.3 Å². The number of hydrogen-bond acceptors (Lipinski definition) is 6. The summed E-state index contributed by atoms with van der Waals surface area (Å²) in [5.74, 6) is 0.0365. The van der Waals surface area contributed by atoms with Crippen molar-refractivity contribution in [2.24, 2.45) is 5.92 Å². The van der Waals surface area contributed by atoms with Crippen molar-refractivity contribution in [2.45, 2.75) is 37.5 Å². The highest BCUT2D eigenvalue weighted by atomic mass is 35.5. The summed E-state index contributed by atoms with van der Waals surface area (Å²) in [6, 6.07) is 3.47. The Labute approximate surface area is 150 Å². The van der Waals surface area contributed by atoms with E-state index in [1.54, 1.807) is 30.1 Å². The van der Waals surface area contributed by atoms with Crippen LogP contribution < -0.4 is 0 Å². The first-order valence-corrected chi connectivity index (χ1v) is 9.45. The second-order valence-electron chi connectivity index (χ2n) is 5.80. The number of aromatic nitrogens is 1. The lowest BCUT2D eigenvalue weighted by Gasteiger charge is -2.22. The van der Waals surface area contributed by atoms with Gasteiger partial charge in [-0.1, -0.05) is 17.7 Å². The minimum Gasteiger partial charge on any atom is -0.368 e. The third kappa shape index (κ3) is 6.75. The molecule has 8 heteroatoms. The third-order valence-corrected chi connectivity index (χ3v) is 5.36. The van der Waals surface area contributed by atoms with E-state index in [2.05, 4.69) is 4.98 Å². The maximum absolute atomic E-state index is 12.2. The molecule has 0 aliphatic carbocycles. The van der Waals surface area contributed by atoms with E-state index in [0.717, 1.165) is 37.2 Å². The largest absolute Gasteiger partial charge is 0.368 e. The van der Waals surface area contributed by atoms with Crippen LogP contribution in [-0.2, 0) is 16.0 Å². The topological polar surface area (TPSA) is 82.3 Å². The predicted molar refractivity (Wildman–Crippen MR) is 94.0 cm³/mol. The van der Waals surface area contributed by atoms with Crippen LogP contribution in [0, 0.1) is 16.0 Å².